The van der Waals surface area contributed by atoms with Gasteiger partial charge >= 0.3 is 6.09 Å². The number of rotatable bonds is 4. The molecule has 1 fully saturated rings. The molecule has 0 unspecified atom stereocenters. The minimum Gasteiger partial charge on any atom is -0.450 e. The van der Waals surface area contributed by atoms with Crippen LogP contribution >= 0.6 is 0 Å². The van der Waals surface area contributed by atoms with Gasteiger partial charge in [0.25, 0.3) is 5.91 Å². The quantitative estimate of drug-likeness (QED) is 0.910. The second-order valence-electron chi connectivity index (χ2n) is 5.70. The van der Waals surface area contributed by atoms with E-state index in [1.807, 2.05) is 19.9 Å². The molecule has 23 heavy (non-hydrogen) atoms. The number of pyridine rings is 1. The Bertz CT molecular complexity index is 554. The molecule has 0 aromatic carbocycles. The van der Waals surface area contributed by atoms with Crippen LogP contribution in [-0.2, 0) is 4.74 Å². The normalized spacial score (nSPS) is 14.8. The summed E-state index contributed by atoms with van der Waals surface area (Å²) in [5.74, 6) is -0.174. The van der Waals surface area contributed by atoms with E-state index in [2.05, 4.69) is 15.2 Å². The topological polar surface area (TPSA) is 74.8 Å². The number of nitrogens with one attached hydrogen (secondary N) is 1. The van der Waals surface area contributed by atoms with E-state index < -0.39 is 0 Å². The summed E-state index contributed by atoms with van der Waals surface area (Å²) in [6, 6.07) is 3.74. The zero-order valence-electron chi connectivity index (χ0n) is 13.9. The second kappa shape index (κ2) is 7.80. The van der Waals surface area contributed by atoms with Crippen molar-refractivity contribution in [1.82, 2.24) is 15.2 Å². The molecule has 7 nitrogen and oxygen atoms in total. The molecule has 1 N–H and O–H groups in total. The Morgan fingerprint density at radius 2 is 2.00 bits per heavy atom. The van der Waals surface area contributed by atoms with Gasteiger partial charge in [0.15, 0.2) is 0 Å². The molecule has 1 aliphatic rings. The fourth-order valence-corrected chi connectivity index (χ4v) is 2.44. The summed E-state index contributed by atoms with van der Waals surface area (Å²) in [5, 5.41) is 2.84. The fraction of sp³-hybridized carbons (Fsp3) is 0.562. The first-order chi connectivity index (χ1) is 11.0. The minimum absolute atomic E-state index is 0.0704. The highest BCUT2D eigenvalue weighted by molar-refractivity contribution is 5.93. The summed E-state index contributed by atoms with van der Waals surface area (Å²) >= 11 is 0. The van der Waals surface area contributed by atoms with E-state index in [0.717, 1.165) is 5.69 Å². The van der Waals surface area contributed by atoms with Gasteiger partial charge in [-0.3, -0.25) is 9.78 Å². The van der Waals surface area contributed by atoms with Gasteiger partial charge in [0, 0.05) is 44.1 Å². The van der Waals surface area contributed by atoms with Crippen molar-refractivity contribution < 1.29 is 14.3 Å². The number of aromatic nitrogens is 1. The number of ether oxygens (including phenoxy) is 1. The molecular formula is C16H24N4O3. The van der Waals surface area contributed by atoms with Crippen LogP contribution in [0, 0.1) is 0 Å². The van der Waals surface area contributed by atoms with Gasteiger partial charge in [-0.2, -0.15) is 0 Å². The first-order valence-electron chi connectivity index (χ1n) is 7.94. The van der Waals surface area contributed by atoms with Crippen LogP contribution in [0.25, 0.3) is 0 Å². The van der Waals surface area contributed by atoms with E-state index in [0.29, 0.717) is 38.5 Å². The molecule has 2 rings (SSSR count). The van der Waals surface area contributed by atoms with Crippen LogP contribution in [0.5, 0.6) is 0 Å². The second-order valence-corrected chi connectivity index (χ2v) is 5.70. The van der Waals surface area contributed by atoms with Crippen molar-refractivity contribution in [3.05, 3.63) is 24.0 Å². The molecule has 0 spiro atoms. The summed E-state index contributed by atoms with van der Waals surface area (Å²) in [4.78, 5) is 31.7. The van der Waals surface area contributed by atoms with E-state index in [9.17, 15) is 9.59 Å². The SMILES string of the molecule is CCOC(=O)N1CCN(c2ccnc(C(=O)NC(C)C)c2)CC1. The van der Waals surface area contributed by atoms with E-state index in [4.69, 9.17) is 4.74 Å². The summed E-state index contributed by atoms with van der Waals surface area (Å²) in [7, 11) is 0. The van der Waals surface area contributed by atoms with Crippen molar-refractivity contribution in [2.75, 3.05) is 37.7 Å². The van der Waals surface area contributed by atoms with Crippen molar-refractivity contribution >= 4 is 17.7 Å². The summed E-state index contributed by atoms with van der Waals surface area (Å²) in [6.45, 7) is 8.63. The van der Waals surface area contributed by atoms with Crippen molar-refractivity contribution in [3.8, 4) is 0 Å². The zero-order chi connectivity index (χ0) is 16.8. The summed E-state index contributed by atoms with van der Waals surface area (Å²) < 4.78 is 5.02. The lowest BCUT2D eigenvalue weighted by Gasteiger charge is -2.35. The Hall–Kier alpha value is -2.31. The van der Waals surface area contributed by atoms with Crippen LogP contribution in [0.1, 0.15) is 31.3 Å². The van der Waals surface area contributed by atoms with Crippen molar-refractivity contribution in [1.29, 1.82) is 0 Å². The van der Waals surface area contributed by atoms with Gasteiger partial charge in [0.05, 0.1) is 6.61 Å². The van der Waals surface area contributed by atoms with Crippen molar-refractivity contribution in [2.24, 2.45) is 0 Å². The highest BCUT2D eigenvalue weighted by Gasteiger charge is 2.22. The maximum atomic E-state index is 12.0. The number of amides is 2. The van der Waals surface area contributed by atoms with Gasteiger partial charge < -0.3 is 19.9 Å². The average molecular weight is 320 g/mol. The molecule has 0 bridgehead atoms. The molecule has 0 radical (unpaired) electrons. The number of carbonyl (C=O) groups excluding carboxylic acids is 2. The Morgan fingerprint density at radius 1 is 1.30 bits per heavy atom. The Balaban J connectivity index is 1.98. The third-order valence-corrected chi connectivity index (χ3v) is 3.57. The molecule has 0 aliphatic carbocycles. The highest BCUT2D eigenvalue weighted by Crippen LogP contribution is 2.17. The molecule has 1 aliphatic heterocycles. The average Bonchev–Trinajstić information content (AvgIpc) is 2.55. The van der Waals surface area contributed by atoms with Gasteiger partial charge in [-0.25, -0.2) is 4.79 Å². The molecule has 1 aromatic heterocycles. The first-order valence-corrected chi connectivity index (χ1v) is 7.94. The van der Waals surface area contributed by atoms with Crippen LogP contribution in [-0.4, -0.2) is 60.7 Å². The molecule has 0 atom stereocenters. The summed E-state index contributed by atoms with van der Waals surface area (Å²) in [6.07, 6.45) is 1.38. The molecule has 2 heterocycles. The van der Waals surface area contributed by atoms with Crippen molar-refractivity contribution in [3.63, 3.8) is 0 Å². The lowest BCUT2D eigenvalue weighted by Crippen LogP contribution is -2.49. The maximum absolute atomic E-state index is 12.0. The molecular weight excluding hydrogens is 296 g/mol. The van der Waals surface area contributed by atoms with Crippen LogP contribution in [0.3, 0.4) is 0 Å². The van der Waals surface area contributed by atoms with E-state index in [1.54, 1.807) is 24.1 Å². The Kier molecular flexibility index (Phi) is 5.78. The molecule has 7 heteroatoms. The van der Waals surface area contributed by atoms with Crippen LogP contribution in [0.2, 0.25) is 0 Å². The number of piperazine rings is 1. The largest absolute Gasteiger partial charge is 0.450 e. The van der Waals surface area contributed by atoms with E-state index in [-0.39, 0.29) is 18.0 Å². The standard InChI is InChI=1S/C16H24N4O3/c1-4-23-16(22)20-9-7-19(8-10-20)13-5-6-17-14(11-13)15(21)18-12(2)3/h5-6,11-12H,4,7-10H2,1-3H3,(H,18,21). The molecule has 1 aromatic rings. The number of carbonyl (C=O) groups is 2. The van der Waals surface area contributed by atoms with Gasteiger partial charge in [0.2, 0.25) is 0 Å². The lowest BCUT2D eigenvalue weighted by atomic mass is 10.2. The number of anilines is 1. The minimum atomic E-state index is -0.265. The third-order valence-electron chi connectivity index (χ3n) is 3.57. The predicted octanol–water partition coefficient (Wildman–Crippen LogP) is 1.50. The van der Waals surface area contributed by atoms with Gasteiger partial charge in [-0.15, -0.1) is 0 Å². The predicted molar refractivity (Wildman–Crippen MR) is 87.6 cm³/mol. The zero-order valence-corrected chi connectivity index (χ0v) is 13.9. The molecule has 2 amide bonds. The van der Waals surface area contributed by atoms with Gasteiger partial charge in [0.1, 0.15) is 5.69 Å². The monoisotopic (exact) mass is 320 g/mol. The first kappa shape index (κ1) is 17.1. The smallest absolute Gasteiger partial charge is 0.409 e. The third kappa shape index (κ3) is 4.58. The lowest BCUT2D eigenvalue weighted by molar-refractivity contribution is 0.0938. The molecule has 0 saturated carbocycles. The van der Waals surface area contributed by atoms with Gasteiger partial charge in [-0.1, -0.05) is 0 Å². The van der Waals surface area contributed by atoms with Crippen LogP contribution in [0.15, 0.2) is 18.3 Å². The molecule has 1 saturated heterocycles. The summed E-state index contributed by atoms with van der Waals surface area (Å²) in [5.41, 5.74) is 1.35. The van der Waals surface area contributed by atoms with Crippen molar-refractivity contribution in [2.45, 2.75) is 26.8 Å². The van der Waals surface area contributed by atoms with Crippen LogP contribution in [0.4, 0.5) is 10.5 Å². The number of hydrogen-bond acceptors (Lipinski definition) is 5. The highest BCUT2D eigenvalue weighted by atomic mass is 16.6. The number of hydrogen-bond donors (Lipinski definition) is 1. The maximum Gasteiger partial charge on any atom is 0.409 e. The number of nitrogens with zero attached hydrogens (tertiary/aromatic N) is 3. The van der Waals surface area contributed by atoms with E-state index in [1.165, 1.54) is 0 Å². The van der Waals surface area contributed by atoms with Gasteiger partial charge in [-0.05, 0) is 32.9 Å². The Labute approximate surface area is 136 Å². The fourth-order valence-electron chi connectivity index (χ4n) is 2.44. The van der Waals surface area contributed by atoms with Crippen LogP contribution < -0.4 is 10.2 Å². The molecule has 126 valence electrons. The Morgan fingerprint density at radius 3 is 2.61 bits per heavy atom. The van der Waals surface area contributed by atoms with E-state index >= 15 is 0 Å².